The summed E-state index contributed by atoms with van der Waals surface area (Å²) in [5.41, 5.74) is 0. The van der Waals surface area contributed by atoms with Gasteiger partial charge in [0.05, 0.1) is 0 Å². The molecular formula is C67H122O6. The molecule has 1 unspecified atom stereocenters. The number of hydrogen-bond donors (Lipinski definition) is 0. The van der Waals surface area contributed by atoms with Gasteiger partial charge in [0.2, 0.25) is 0 Å². The maximum atomic E-state index is 12.9. The van der Waals surface area contributed by atoms with E-state index in [-0.39, 0.29) is 31.1 Å². The van der Waals surface area contributed by atoms with Gasteiger partial charge in [0, 0.05) is 19.3 Å². The number of esters is 3. The van der Waals surface area contributed by atoms with E-state index in [1.165, 1.54) is 212 Å². The first-order valence-corrected chi connectivity index (χ1v) is 32.1. The van der Waals surface area contributed by atoms with Crippen molar-refractivity contribution >= 4 is 17.9 Å². The van der Waals surface area contributed by atoms with Gasteiger partial charge in [0.15, 0.2) is 6.10 Å². The first-order valence-electron chi connectivity index (χ1n) is 32.1. The number of rotatable bonds is 59. The summed E-state index contributed by atoms with van der Waals surface area (Å²) in [5.74, 6) is -0.879. The molecule has 0 aromatic heterocycles. The Morgan fingerprint density at radius 3 is 0.767 bits per heavy atom. The average Bonchev–Trinajstić information content (AvgIpc) is 3.39. The van der Waals surface area contributed by atoms with Crippen LogP contribution in [0.15, 0.2) is 48.6 Å². The van der Waals surface area contributed by atoms with Crippen LogP contribution in [-0.4, -0.2) is 37.2 Å². The van der Waals surface area contributed by atoms with Crippen molar-refractivity contribution in [1.29, 1.82) is 0 Å². The van der Waals surface area contributed by atoms with Crippen molar-refractivity contribution < 1.29 is 28.6 Å². The molecule has 0 aliphatic carbocycles. The fourth-order valence-corrected chi connectivity index (χ4v) is 9.45. The van der Waals surface area contributed by atoms with Crippen LogP contribution in [0.25, 0.3) is 0 Å². The van der Waals surface area contributed by atoms with E-state index in [0.717, 1.165) is 89.9 Å². The van der Waals surface area contributed by atoms with Crippen molar-refractivity contribution in [2.24, 2.45) is 0 Å². The van der Waals surface area contributed by atoms with Crippen LogP contribution in [0.1, 0.15) is 342 Å². The molecule has 0 aromatic carbocycles. The predicted octanol–water partition coefficient (Wildman–Crippen LogP) is 21.8. The van der Waals surface area contributed by atoms with Crippen molar-refractivity contribution in [2.75, 3.05) is 13.2 Å². The van der Waals surface area contributed by atoms with E-state index in [2.05, 4.69) is 69.4 Å². The predicted molar refractivity (Wildman–Crippen MR) is 316 cm³/mol. The quantitative estimate of drug-likeness (QED) is 0.0261. The first kappa shape index (κ1) is 70.4. The van der Waals surface area contributed by atoms with E-state index in [1.807, 2.05) is 0 Å². The second-order valence-corrected chi connectivity index (χ2v) is 21.7. The smallest absolute Gasteiger partial charge is 0.306 e. The average molecular weight is 1020 g/mol. The third kappa shape index (κ3) is 60.1. The Morgan fingerprint density at radius 2 is 0.493 bits per heavy atom. The molecule has 0 heterocycles. The normalized spacial score (nSPS) is 12.3. The Hall–Kier alpha value is -2.63. The molecule has 0 bridgehead atoms. The zero-order valence-corrected chi connectivity index (χ0v) is 48.9. The van der Waals surface area contributed by atoms with Crippen LogP contribution in [-0.2, 0) is 28.6 Å². The number of carbonyl (C=O) groups is 3. The minimum Gasteiger partial charge on any atom is -0.462 e. The molecule has 0 radical (unpaired) electrons. The van der Waals surface area contributed by atoms with Crippen LogP contribution in [0, 0.1) is 0 Å². The summed E-state index contributed by atoms with van der Waals surface area (Å²) < 4.78 is 16.9. The standard InChI is InChI=1S/C67H122O6/c1-4-7-10-13-16-19-22-25-28-31-33-34-35-37-39-42-45-48-51-54-57-60-66(69)72-63-64(62-71-65(68)59-56-53-50-47-44-41-38-30-27-24-21-18-15-12-9-6-3)73-67(70)61-58-55-52-49-46-43-40-36-32-29-26-23-20-17-14-11-8-5-2/h20-21,23-24,29-30,32,38,64H,4-19,22,25-28,31,33-37,39-63H2,1-3H3/b23-20-,24-21-,32-29-,38-30-. The third-order valence-electron chi connectivity index (χ3n) is 14.3. The summed E-state index contributed by atoms with van der Waals surface area (Å²) in [5, 5.41) is 0. The number of unbranched alkanes of at least 4 members (excludes halogenated alkanes) is 40. The van der Waals surface area contributed by atoms with Gasteiger partial charge in [0.25, 0.3) is 0 Å². The highest BCUT2D eigenvalue weighted by molar-refractivity contribution is 5.71. The summed E-state index contributed by atoms with van der Waals surface area (Å²) in [6, 6.07) is 0. The molecule has 0 rings (SSSR count). The lowest BCUT2D eigenvalue weighted by molar-refractivity contribution is -0.167. The second kappa shape index (κ2) is 61.9. The molecule has 0 amide bonds. The zero-order chi connectivity index (χ0) is 52.9. The Balaban J connectivity index is 4.35. The molecule has 0 fully saturated rings. The first-order chi connectivity index (χ1) is 36.0. The molecule has 0 aliphatic heterocycles. The zero-order valence-electron chi connectivity index (χ0n) is 48.9. The molecule has 6 nitrogen and oxygen atoms in total. The van der Waals surface area contributed by atoms with E-state index in [9.17, 15) is 14.4 Å². The molecule has 0 N–H and O–H groups in total. The van der Waals surface area contributed by atoms with Crippen LogP contribution < -0.4 is 0 Å². The summed E-state index contributed by atoms with van der Waals surface area (Å²) >= 11 is 0. The lowest BCUT2D eigenvalue weighted by Crippen LogP contribution is -2.30. The highest BCUT2D eigenvalue weighted by atomic mass is 16.6. The van der Waals surface area contributed by atoms with Crippen molar-refractivity contribution in [3.8, 4) is 0 Å². The molecule has 0 aliphatic rings. The van der Waals surface area contributed by atoms with Gasteiger partial charge in [-0.3, -0.25) is 14.4 Å². The lowest BCUT2D eigenvalue weighted by atomic mass is 10.0. The summed E-state index contributed by atoms with van der Waals surface area (Å²) in [4.78, 5) is 38.3. The highest BCUT2D eigenvalue weighted by Crippen LogP contribution is 2.17. The van der Waals surface area contributed by atoms with E-state index in [4.69, 9.17) is 14.2 Å². The SMILES string of the molecule is CCCCCC/C=C\C/C=C\CCCCCCCCCC(=O)OC(COC(=O)CCCCCCC/C=C\C/C=C\CCCCCC)COC(=O)CCCCCCCCCCCCCCCCCCCCCCC. The molecule has 0 spiro atoms. The van der Waals surface area contributed by atoms with Crippen LogP contribution in [0.2, 0.25) is 0 Å². The van der Waals surface area contributed by atoms with E-state index in [1.54, 1.807) is 0 Å². The number of ether oxygens (including phenoxy) is 3. The van der Waals surface area contributed by atoms with Crippen molar-refractivity contribution in [3.63, 3.8) is 0 Å². The van der Waals surface area contributed by atoms with Gasteiger partial charge in [-0.2, -0.15) is 0 Å². The molecule has 426 valence electrons. The summed E-state index contributed by atoms with van der Waals surface area (Å²) in [7, 11) is 0. The fraction of sp³-hybridized carbons (Fsp3) is 0.836. The van der Waals surface area contributed by atoms with Crippen LogP contribution in [0.3, 0.4) is 0 Å². The summed E-state index contributed by atoms with van der Waals surface area (Å²) in [6.07, 6.45) is 76.8. The van der Waals surface area contributed by atoms with Gasteiger partial charge in [-0.15, -0.1) is 0 Å². The minimum atomic E-state index is -0.782. The molecule has 1 atom stereocenters. The molecule has 0 saturated carbocycles. The van der Waals surface area contributed by atoms with Crippen LogP contribution in [0.4, 0.5) is 0 Å². The molecule has 0 saturated heterocycles. The van der Waals surface area contributed by atoms with Gasteiger partial charge in [-0.05, 0) is 83.5 Å². The minimum absolute atomic E-state index is 0.0775. The Kier molecular flexibility index (Phi) is 59.7. The second-order valence-electron chi connectivity index (χ2n) is 21.7. The Labute approximate surface area is 454 Å². The van der Waals surface area contributed by atoms with Gasteiger partial charge < -0.3 is 14.2 Å². The molecular weight excluding hydrogens is 901 g/mol. The van der Waals surface area contributed by atoms with E-state index >= 15 is 0 Å². The van der Waals surface area contributed by atoms with Crippen LogP contribution in [0.5, 0.6) is 0 Å². The maximum Gasteiger partial charge on any atom is 0.306 e. The van der Waals surface area contributed by atoms with E-state index < -0.39 is 6.10 Å². The Morgan fingerprint density at radius 1 is 0.274 bits per heavy atom. The van der Waals surface area contributed by atoms with Crippen LogP contribution >= 0.6 is 0 Å². The van der Waals surface area contributed by atoms with Gasteiger partial charge in [-0.25, -0.2) is 0 Å². The highest BCUT2D eigenvalue weighted by Gasteiger charge is 2.19. The summed E-state index contributed by atoms with van der Waals surface area (Å²) in [6.45, 7) is 6.64. The maximum absolute atomic E-state index is 12.9. The largest absolute Gasteiger partial charge is 0.462 e. The van der Waals surface area contributed by atoms with Gasteiger partial charge in [-0.1, -0.05) is 288 Å². The number of allylic oxidation sites excluding steroid dienone is 8. The van der Waals surface area contributed by atoms with Crippen molar-refractivity contribution in [3.05, 3.63) is 48.6 Å². The fourth-order valence-electron chi connectivity index (χ4n) is 9.45. The van der Waals surface area contributed by atoms with Crippen molar-refractivity contribution in [2.45, 2.75) is 348 Å². The van der Waals surface area contributed by atoms with Gasteiger partial charge >= 0.3 is 17.9 Å². The molecule has 0 aromatic rings. The number of carbonyl (C=O) groups excluding carboxylic acids is 3. The third-order valence-corrected chi connectivity index (χ3v) is 14.3. The Bertz CT molecular complexity index is 1270. The van der Waals surface area contributed by atoms with Crippen molar-refractivity contribution in [1.82, 2.24) is 0 Å². The monoisotopic (exact) mass is 1020 g/mol. The van der Waals surface area contributed by atoms with Gasteiger partial charge in [0.1, 0.15) is 13.2 Å². The molecule has 6 heteroatoms. The lowest BCUT2D eigenvalue weighted by Gasteiger charge is -2.18. The molecule has 73 heavy (non-hydrogen) atoms. The number of hydrogen-bond acceptors (Lipinski definition) is 6. The topological polar surface area (TPSA) is 78.9 Å². The van der Waals surface area contributed by atoms with E-state index in [0.29, 0.717) is 19.3 Å².